The molecule has 1 amide bonds. The monoisotopic (exact) mass is 484 g/mol. The third-order valence-electron chi connectivity index (χ3n) is 5.51. The molecule has 0 aliphatic rings. The molecule has 3 rings (SSSR count). The molecule has 0 heterocycles. The van der Waals surface area contributed by atoms with Crippen LogP contribution in [0.4, 0.5) is 5.69 Å². The minimum absolute atomic E-state index is 0.0803. The molecule has 174 valence electrons. The summed E-state index contributed by atoms with van der Waals surface area (Å²) >= 11 is 5.93. The highest BCUT2D eigenvalue weighted by Crippen LogP contribution is 2.25. The molecule has 0 saturated heterocycles. The Morgan fingerprint density at radius 2 is 1.70 bits per heavy atom. The third kappa shape index (κ3) is 6.83. The number of nitrogens with one attached hydrogen (secondary N) is 1. The maximum absolute atomic E-state index is 13.4. The van der Waals surface area contributed by atoms with E-state index in [4.69, 9.17) is 11.6 Å². The molecule has 1 N–H and O–H groups in total. The van der Waals surface area contributed by atoms with Gasteiger partial charge in [0.1, 0.15) is 6.54 Å². The Morgan fingerprint density at radius 3 is 2.33 bits per heavy atom. The van der Waals surface area contributed by atoms with E-state index in [-0.39, 0.29) is 23.3 Å². The van der Waals surface area contributed by atoms with E-state index in [2.05, 4.69) is 24.4 Å². The van der Waals surface area contributed by atoms with Gasteiger partial charge in [-0.25, -0.2) is 8.42 Å². The Bertz CT molecular complexity index is 1170. The van der Waals surface area contributed by atoms with E-state index in [1.165, 1.54) is 29.8 Å². The van der Waals surface area contributed by atoms with Crippen molar-refractivity contribution < 1.29 is 13.2 Å². The minimum atomic E-state index is -3.96. The van der Waals surface area contributed by atoms with Crippen LogP contribution in [0.15, 0.2) is 83.8 Å². The number of sulfonamides is 1. The van der Waals surface area contributed by atoms with E-state index in [1.54, 1.807) is 18.2 Å². The van der Waals surface area contributed by atoms with Gasteiger partial charge in [0.05, 0.1) is 10.6 Å². The second-order valence-corrected chi connectivity index (χ2v) is 10.4. The van der Waals surface area contributed by atoms with Crippen molar-refractivity contribution in [2.24, 2.45) is 5.92 Å². The molecular weight excluding hydrogens is 456 g/mol. The molecule has 3 aromatic carbocycles. The molecule has 5 nitrogen and oxygen atoms in total. The zero-order chi connectivity index (χ0) is 23.8. The smallest absolute Gasteiger partial charge is 0.264 e. The summed E-state index contributed by atoms with van der Waals surface area (Å²) in [5, 5.41) is 3.38. The van der Waals surface area contributed by atoms with Crippen molar-refractivity contribution in [2.75, 3.05) is 17.4 Å². The molecule has 0 radical (unpaired) electrons. The highest BCUT2D eigenvalue weighted by molar-refractivity contribution is 7.92. The van der Waals surface area contributed by atoms with Gasteiger partial charge in [0.15, 0.2) is 0 Å². The predicted molar refractivity (Wildman–Crippen MR) is 134 cm³/mol. The van der Waals surface area contributed by atoms with Crippen molar-refractivity contribution in [1.29, 1.82) is 0 Å². The summed E-state index contributed by atoms with van der Waals surface area (Å²) in [4.78, 5) is 13.0. The van der Waals surface area contributed by atoms with Crippen LogP contribution in [0.2, 0.25) is 5.02 Å². The maximum atomic E-state index is 13.4. The average Bonchev–Trinajstić information content (AvgIpc) is 2.81. The van der Waals surface area contributed by atoms with Crippen molar-refractivity contribution in [1.82, 2.24) is 5.32 Å². The van der Waals surface area contributed by atoms with Crippen molar-refractivity contribution in [3.05, 3.63) is 95.0 Å². The second-order valence-electron chi connectivity index (χ2n) is 8.07. The van der Waals surface area contributed by atoms with Gasteiger partial charge in [0, 0.05) is 11.6 Å². The fourth-order valence-electron chi connectivity index (χ4n) is 3.58. The van der Waals surface area contributed by atoms with Crippen molar-refractivity contribution in [3.8, 4) is 0 Å². The molecule has 33 heavy (non-hydrogen) atoms. The summed E-state index contributed by atoms with van der Waals surface area (Å²) in [7, 11) is -3.96. The molecule has 3 aromatic rings. The lowest BCUT2D eigenvalue weighted by molar-refractivity contribution is -0.119. The number of hydrogen-bond acceptors (Lipinski definition) is 3. The van der Waals surface area contributed by atoms with E-state index in [9.17, 15) is 13.2 Å². The number of anilines is 1. The van der Waals surface area contributed by atoms with E-state index in [0.29, 0.717) is 17.3 Å². The van der Waals surface area contributed by atoms with Crippen LogP contribution in [-0.4, -0.2) is 27.4 Å². The van der Waals surface area contributed by atoms with Gasteiger partial charge in [-0.2, -0.15) is 0 Å². The first-order valence-corrected chi connectivity index (χ1v) is 12.8. The topological polar surface area (TPSA) is 66.5 Å². The minimum Gasteiger partial charge on any atom is -0.354 e. The zero-order valence-electron chi connectivity index (χ0n) is 18.9. The summed E-state index contributed by atoms with van der Waals surface area (Å²) in [6, 6.07) is 23.2. The second kappa shape index (κ2) is 11.3. The molecule has 0 aliphatic heterocycles. The Morgan fingerprint density at radius 1 is 1.00 bits per heavy atom. The fraction of sp³-hybridized carbons (Fsp3) is 0.269. The molecular formula is C26H29ClN2O3S. The lowest BCUT2D eigenvalue weighted by atomic mass is 9.97. The van der Waals surface area contributed by atoms with Crippen molar-refractivity contribution in [3.63, 3.8) is 0 Å². The Labute approximate surface area is 201 Å². The normalized spacial score (nSPS) is 12.2. The van der Waals surface area contributed by atoms with Gasteiger partial charge in [0.25, 0.3) is 10.0 Å². The number of hydrogen-bond donors (Lipinski definition) is 1. The molecule has 0 fully saturated rings. The molecule has 0 aromatic heterocycles. The van der Waals surface area contributed by atoms with Gasteiger partial charge in [-0.3, -0.25) is 9.10 Å². The summed E-state index contributed by atoms with van der Waals surface area (Å²) < 4.78 is 28.0. The Hall–Kier alpha value is -2.83. The van der Waals surface area contributed by atoms with E-state index >= 15 is 0 Å². The molecule has 7 heteroatoms. The van der Waals surface area contributed by atoms with Crippen LogP contribution in [0.5, 0.6) is 0 Å². The lowest BCUT2D eigenvalue weighted by Crippen LogP contribution is -2.42. The third-order valence-corrected chi connectivity index (χ3v) is 7.55. The highest BCUT2D eigenvalue weighted by atomic mass is 35.5. The summed E-state index contributed by atoms with van der Waals surface area (Å²) in [6.45, 7) is 4.14. The number of rotatable bonds is 10. The quantitative estimate of drug-likeness (QED) is 0.428. The number of halogens is 1. The standard InChI is InChI=1S/C26H29ClN2O3S/c1-3-21(17-22-9-5-4-6-10-22)18-28-26(30)19-29(24-11-7-8-20(2)16-24)33(31,32)25-14-12-23(27)13-15-25/h4-16,21H,3,17-19H2,1-2H3,(H,28,30). The van der Waals surface area contributed by atoms with Gasteiger partial charge in [-0.05, 0) is 66.8 Å². The molecule has 1 atom stereocenters. The van der Waals surface area contributed by atoms with Gasteiger partial charge in [-0.15, -0.1) is 0 Å². The van der Waals surface area contributed by atoms with E-state index in [0.717, 1.165) is 22.7 Å². The van der Waals surface area contributed by atoms with Gasteiger partial charge in [0.2, 0.25) is 5.91 Å². The zero-order valence-corrected chi connectivity index (χ0v) is 20.4. The van der Waals surface area contributed by atoms with Crippen LogP contribution in [0, 0.1) is 12.8 Å². The summed E-state index contributed by atoms with van der Waals surface area (Å²) in [5.41, 5.74) is 2.56. The number of benzene rings is 3. The van der Waals surface area contributed by atoms with Crippen LogP contribution in [-0.2, 0) is 21.2 Å². The van der Waals surface area contributed by atoms with Gasteiger partial charge >= 0.3 is 0 Å². The van der Waals surface area contributed by atoms with Crippen LogP contribution >= 0.6 is 11.6 Å². The Balaban J connectivity index is 1.77. The van der Waals surface area contributed by atoms with Crippen molar-refractivity contribution in [2.45, 2.75) is 31.6 Å². The molecule has 1 unspecified atom stereocenters. The maximum Gasteiger partial charge on any atom is 0.264 e. The first-order valence-electron chi connectivity index (χ1n) is 10.9. The number of amides is 1. The average molecular weight is 485 g/mol. The molecule has 0 aliphatic carbocycles. The fourth-order valence-corrected chi connectivity index (χ4v) is 5.12. The molecule has 0 spiro atoms. The largest absolute Gasteiger partial charge is 0.354 e. The first-order chi connectivity index (χ1) is 15.8. The van der Waals surface area contributed by atoms with E-state index < -0.39 is 10.0 Å². The van der Waals surface area contributed by atoms with E-state index in [1.807, 2.05) is 31.2 Å². The number of nitrogens with zero attached hydrogens (tertiary/aromatic N) is 1. The lowest BCUT2D eigenvalue weighted by Gasteiger charge is -2.25. The Kier molecular flexibility index (Phi) is 8.53. The van der Waals surface area contributed by atoms with Crippen molar-refractivity contribution >= 4 is 33.2 Å². The predicted octanol–water partition coefficient (Wildman–Crippen LogP) is 5.23. The van der Waals surface area contributed by atoms with Gasteiger partial charge in [-0.1, -0.05) is 67.4 Å². The SMILES string of the molecule is CCC(CNC(=O)CN(c1cccc(C)c1)S(=O)(=O)c1ccc(Cl)cc1)Cc1ccccc1. The summed E-state index contributed by atoms with van der Waals surface area (Å²) in [6.07, 6.45) is 1.75. The highest BCUT2D eigenvalue weighted by Gasteiger charge is 2.27. The van der Waals surface area contributed by atoms with Crippen LogP contribution in [0.25, 0.3) is 0 Å². The number of aryl methyl sites for hydroxylation is 1. The van der Waals surface area contributed by atoms with Gasteiger partial charge < -0.3 is 5.32 Å². The molecule has 0 saturated carbocycles. The van der Waals surface area contributed by atoms with Crippen LogP contribution in [0.3, 0.4) is 0 Å². The number of carbonyl (C=O) groups excluding carboxylic acids is 1. The summed E-state index contributed by atoms with van der Waals surface area (Å²) in [5.74, 6) is -0.0859. The number of carbonyl (C=O) groups is 1. The first kappa shape index (κ1) is 24.8. The van der Waals surface area contributed by atoms with Crippen LogP contribution < -0.4 is 9.62 Å². The molecule has 0 bridgehead atoms. The van der Waals surface area contributed by atoms with Crippen LogP contribution in [0.1, 0.15) is 24.5 Å².